The van der Waals surface area contributed by atoms with Gasteiger partial charge in [-0.15, -0.1) is 0 Å². The summed E-state index contributed by atoms with van der Waals surface area (Å²) < 4.78 is 5.09. The predicted octanol–water partition coefficient (Wildman–Crippen LogP) is 1.48. The van der Waals surface area contributed by atoms with E-state index in [0.29, 0.717) is 12.3 Å². The van der Waals surface area contributed by atoms with Crippen LogP contribution in [0.1, 0.15) is 16.7 Å². The summed E-state index contributed by atoms with van der Waals surface area (Å²) in [4.78, 5) is 0. The molecule has 0 aliphatic rings. The van der Waals surface area contributed by atoms with Crippen LogP contribution in [0.2, 0.25) is 0 Å². The minimum absolute atomic E-state index is 0.206. The number of hydrogen-bond donors (Lipinski definition) is 2. The van der Waals surface area contributed by atoms with E-state index in [1.165, 1.54) is 0 Å². The molecule has 0 aliphatic carbocycles. The van der Waals surface area contributed by atoms with Gasteiger partial charge in [0.2, 0.25) is 0 Å². The van der Waals surface area contributed by atoms with E-state index in [2.05, 4.69) is 0 Å². The maximum atomic E-state index is 9.63. The molecule has 0 saturated heterocycles. The minimum Gasteiger partial charge on any atom is -0.504 e. The molecule has 0 spiro atoms. The second-order valence-electron chi connectivity index (χ2n) is 3.06. The van der Waals surface area contributed by atoms with Gasteiger partial charge in [0.15, 0.2) is 11.5 Å². The van der Waals surface area contributed by atoms with Gasteiger partial charge in [0.1, 0.15) is 0 Å². The summed E-state index contributed by atoms with van der Waals surface area (Å²) in [6.45, 7) is 4.18. The highest BCUT2D eigenvalue weighted by Crippen LogP contribution is 2.34. The molecule has 3 N–H and O–H groups in total. The highest BCUT2D eigenvalue weighted by Gasteiger charge is 2.11. The number of benzene rings is 1. The molecule has 0 amide bonds. The monoisotopic (exact) mass is 181 g/mol. The van der Waals surface area contributed by atoms with Crippen LogP contribution >= 0.6 is 0 Å². The van der Waals surface area contributed by atoms with Gasteiger partial charge in [-0.1, -0.05) is 6.07 Å². The number of hydrogen-bond acceptors (Lipinski definition) is 3. The van der Waals surface area contributed by atoms with Crippen molar-refractivity contribution in [1.82, 2.24) is 0 Å². The Balaban J connectivity index is 3.39. The van der Waals surface area contributed by atoms with Crippen LogP contribution in [0.25, 0.3) is 0 Å². The van der Waals surface area contributed by atoms with Gasteiger partial charge in [-0.2, -0.15) is 0 Å². The fraction of sp³-hybridized carbons (Fsp3) is 0.400. The molecule has 0 saturated carbocycles. The summed E-state index contributed by atoms with van der Waals surface area (Å²) in [5.74, 6) is 0.734. The third kappa shape index (κ3) is 1.60. The molecule has 1 rings (SSSR count). The molecule has 0 bridgehead atoms. The first kappa shape index (κ1) is 9.86. The van der Waals surface area contributed by atoms with Crippen LogP contribution in [0.3, 0.4) is 0 Å². The van der Waals surface area contributed by atoms with E-state index in [1.807, 2.05) is 19.9 Å². The lowest BCUT2D eigenvalue weighted by molar-refractivity contribution is 0.368. The minimum atomic E-state index is 0.206. The fourth-order valence-corrected chi connectivity index (χ4v) is 1.40. The molecule has 1 aromatic rings. The lowest BCUT2D eigenvalue weighted by atomic mass is 10.0. The third-order valence-electron chi connectivity index (χ3n) is 2.23. The van der Waals surface area contributed by atoms with Crippen molar-refractivity contribution in [1.29, 1.82) is 0 Å². The first-order valence-electron chi connectivity index (χ1n) is 4.18. The Hall–Kier alpha value is -1.22. The molecule has 3 nitrogen and oxygen atoms in total. The maximum absolute atomic E-state index is 9.63. The van der Waals surface area contributed by atoms with Crippen LogP contribution in [0, 0.1) is 13.8 Å². The lowest BCUT2D eigenvalue weighted by Gasteiger charge is -2.13. The van der Waals surface area contributed by atoms with E-state index in [4.69, 9.17) is 10.5 Å². The van der Waals surface area contributed by atoms with Crippen LogP contribution in [-0.2, 0) is 6.54 Å². The van der Waals surface area contributed by atoms with Crippen molar-refractivity contribution < 1.29 is 9.84 Å². The Morgan fingerprint density at radius 2 is 2.08 bits per heavy atom. The van der Waals surface area contributed by atoms with E-state index >= 15 is 0 Å². The molecule has 0 atom stereocenters. The van der Waals surface area contributed by atoms with Crippen LogP contribution in [0.5, 0.6) is 11.5 Å². The molecular formula is C10H15NO2. The molecule has 0 fully saturated rings. The number of phenols is 1. The number of aromatic hydroxyl groups is 1. The number of rotatable bonds is 2. The van der Waals surface area contributed by atoms with Crippen molar-refractivity contribution in [3.63, 3.8) is 0 Å². The standard InChI is InChI=1S/C10H15NO2/c1-6-4-8(5-11)7(2)10(13-3)9(6)12/h4,12H,5,11H2,1-3H3. The maximum Gasteiger partial charge on any atom is 0.163 e. The molecule has 13 heavy (non-hydrogen) atoms. The van der Waals surface area contributed by atoms with Gasteiger partial charge in [0, 0.05) is 6.54 Å². The Kier molecular flexibility index (Phi) is 2.78. The molecule has 0 unspecified atom stereocenters. The molecule has 3 heteroatoms. The van der Waals surface area contributed by atoms with E-state index in [-0.39, 0.29) is 5.75 Å². The SMILES string of the molecule is COc1c(C)c(CN)cc(C)c1O. The van der Waals surface area contributed by atoms with Gasteiger partial charge in [0.25, 0.3) is 0 Å². The van der Waals surface area contributed by atoms with Crippen molar-refractivity contribution in [2.75, 3.05) is 7.11 Å². The Morgan fingerprint density at radius 3 is 2.54 bits per heavy atom. The summed E-state index contributed by atoms with van der Waals surface area (Å²) in [6.07, 6.45) is 0. The van der Waals surface area contributed by atoms with E-state index < -0.39 is 0 Å². The molecule has 0 aromatic heterocycles. The normalized spacial score (nSPS) is 10.2. The summed E-state index contributed by atoms with van der Waals surface area (Å²) in [5, 5.41) is 9.63. The third-order valence-corrected chi connectivity index (χ3v) is 2.23. The second-order valence-corrected chi connectivity index (χ2v) is 3.06. The number of ether oxygens (including phenoxy) is 1. The van der Waals surface area contributed by atoms with E-state index in [9.17, 15) is 5.11 Å². The first-order valence-corrected chi connectivity index (χ1v) is 4.18. The first-order chi connectivity index (χ1) is 6.11. The smallest absolute Gasteiger partial charge is 0.163 e. The lowest BCUT2D eigenvalue weighted by Crippen LogP contribution is -2.02. The molecule has 0 radical (unpaired) electrons. The quantitative estimate of drug-likeness (QED) is 0.726. The Bertz CT molecular complexity index is 321. The fourth-order valence-electron chi connectivity index (χ4n) is 1.40. The van der Waals surface area contributed by atoms with E-state index in [1.54, 1.807) is 7.11 Å². The Morgan fingerprint density at radius 1 is 1.46 bits per heavy atom. The average molecular weight is 181 g/mol. The molecule has 0 heterocycles. The molecule has 1 aromatic carbocycles. The zero-order chi connectivity index (χ0) is 10.0. The zero-order valence-electron chi connectivity index (χ0n) is 8.22. The van der Waals surface area contributed by atoms with Crippen molar-refractivity contribution in [2.24, 2.45) is 5.73 Å². The van der Waals surface area contributed by atoms with Gasteiger partial charge < -0.3 is 15.6 Å². The number of phenolic OH excluding ortho intramolecular Hbond substituents is 1. The van der Waals surface area contributed by atoms with Crippen molar-refractivity contribution in [2.45, 2.75) is 20.4 Å². The van der Waals surface area contributed by atoms with Gasteiger partial charge in [-0.25, -0.2) is 0 Å². The zero-order valence-corrected chi connectivity index (χ0v) is 8.22. The molecular weight excluding hydrogens is 166 g/mol. The summed E-state index contributed by atoms with van der Waals surface area (Å²) in [6, 6.07) is 1.88. The number of aryl methyl sites for hydroxylation is 1. The van der Waals surface area contributed by atoms with Crippen molar-refractivity contribution >= 4 is 0 Å². The van der Waals surface area contributed by atoms with Gasteiger partial charge >= 0.3 is 0 Å². The van der Waals surface area contributed by atoms with E-state index in [0.717, 1.165) is 16.7 Å². The van der Waals surface area contributed by atoms with Crippen molar-refractivity contribution in [3.05, 3.63) is 22.8 Å². The van der Waals surface area contributed by atoms with Crippen LogP contribution in [0.4, 0.5) is 0 Å². The highest BCUT2D eigenvalue weighted by atomic mass is 16.5. The second kappa shape index (κ2) is 3.66. The van der Waals surface area contributed by atoms with Gasteiger partial charge in [-0.3, -0.25) is 0 Å². The number of nitrogens with two attached hydrogens (primary N) is 1. The van der Waals surface area contributed by atoms with Crippen LogP contribution < -0.4 is 10.5 Å². The largest absolute Gasteiger partial charge is 0.504 e. The summed E-state index contributed by atoms with van der Waals surface area (Å²) >= 11 is 0. The number of methoxy groups -OCH3 is 1. The highest BCUT2D eigenvalue weighted by molar-refractivity contribution is 5.53. The summed E-state index contributed by atoms with van der Waals surface area (Å²) in [5.41, 5.74) is 8.27. The average Bonchev–Trinajstić information content (AvgIpc) is 2.12. The Labute approximate surface area is 78.1 Å². The molecule has 72 valence electrons. The topological polar surface area (TPSA) is 55.5 Å². The predicted molar refractivity (Wildman–Crippen MR) is 52.0 cm³/mol. The van der Waals surface area contributed by atoms with Crippen LogP contribution in [0.15, 0.2) is 6.07 Å². The molecule has 0 aliphatic heterocycles. The van der Waals surface area contributed by atoms with Crippen molar-refractivity contribution in [3.8, 4) is 11.5 Å². The van der Waals surface area contributed by atoms with Gasteiger partial charge in [-0.05, 0) is 30.5 Å². The summed E-state index contributed by atoms with van der Waals surface area (Å²) in [7, 11) is 1.54. The van der Waals surface area contributed by atoms with Crippen LogP contribution in [-0.4, -0.2) is 12.2 Å². The van der Waals surface area contributed by atoms with Gasteiger partial charge in [0.05, 0.1) is 7.11 Å².